The van der Waals surface area contributed by atoms with Gasteiger partial charge in [-0.15, -0.1) is 0 Å². The molecule has 1 fully saturated rings. The summed E-state index contributed by atoms with van der Waals surface area (Å²) in [5.41, 5.74) is 2.46. The van der Waals surface area contributed by atoms with E-state index >= 15 is 0 Å². The Bertz CT molecular complexity index is 868. The maximum absolute atomic E-state index is 12.8. The predicted molar refractivity (Wildman–Crippen MR) is 118 cm³/mol. The first kappa shape index (κ1) is 21.6. The number of methoxy groups -OCH3 is 2. The molecule has 1 aliphatic heterocycles. The van der Waals surface area contributed by atoms with Crippen LogP contribution in [0, 0.1) is 0 Å². The molecule has 7 nitrogen and oxygen atoms in total. The van der Waals surface area contributed by atoms with E-state index in [1.54, 1.807) is 39.3 Å². The third-order valence-electron chi connectivity index (χ3n) is 5.50. The van der Waals surface area contributed by atoms with Crippen molar-refractivity contribution in [3.05, 3.63) is 48.0 Å². The number of hydrogen-bond acceptors (Lipinski definition) is 6. The number of hydrogen-bond donors (Lipinski definition) is 1. The van der Waals surface area contributed by atoms with Gasteiger partial charge in [0.25, 0.3) is 0 Å². The van der Waals surface area contributed by atoms with Crippen molar-refractivity contribution >= 4 is 23.1 Å². The van der Waals surface area contributed by atoms with Crippen LogP contribution in [-0.4, -0.2) is 63.0 Å². The van der Waals surface area contributed by atoms with Crippen molar-refractivity contribution in [2.45, 2.75) is 19.9 Å². The highest BCUT2D eigenvalue weighted by molar-refractivity contribution is 5.95. The molecule has 0 bridgehead atoms. The molecule has 160 valence electrons. The lowest BCUT2D eigenvalue weighted by Gasteiger charge is -2.38. The van der Waals surface area contributed by atoms with E-state index in [1.807, 2.05) is 31.2 Å². The minimum Gasteiger partial charge on any atom is -0.497 e. The Labute approximate surface area is 177 Å². The molecule has 1 saturated heterocycles. The Morgan fingerprint density at radius 1 is 0.933 bits per heavy atom. The van der Waals surface area contributed by atoms with E-state index < -0.39 is 0 Å². The van der Waals surface area contributed by atoms with Gasteiger partial charge in [-0.1, -0.05) is 0 Å². The highest BCUT2D eigenvalue weighted by Crippen LogP contribution is 2.26. The van der Waals surface area contributed by atoms with Crippen molar-refractivity contribution in [2.75, 3.05) is 50.6 Å². The summed E-state index contributed by atoms with van der Waals surface area (Å²) in [6.07, 6.45) is 0. The summed E-state index contributed by atoms with van der Waals surface area (Å²) >= 11 is 0. The van der Waals surface area contributed by atoms with Crippen LogP contribution in [0.4, 0.5) is 11.4 Å². The van der Waals surface area contributed by atoms with Crippen LogP contribution < -0.4 is 19.7 Å². The smallest absolute Gasteiger partial charge is 0.241 e. The second-order valence-electron chi connectivity index (χ2n) is 7.39. The number of carbonyl (C=O) groups excluding carboxylic acids is 2. The zero-order valence-corrected chi connectivity index (χ0v) is 18.0. The second kappa shape index (κ2) is 9.63. The van der Waals surface area contributed by atoms with Gasteiger partial charge in [0.1, 0.15) is 11.5 Å². The first-order valence-corrected chi connectivity index (χ1v) is 10.0. The lowest BCUT2D eigenvalue weighted by molar-refractivity contribution is -0.120. The molecule has 1 aliphatic rings. The zero-order chi connectivity index (χ0) is 21.7. The fraction of sp³-hybridized carbons (Fsp3) is 0.391. The number of carbonyl (C=O) groups is 2. The van der Waals surface area contributed by atoms with Gasteiger partial charge < -0.3 is 19.7 Å². The summed E-state index contributed by atoms with van der Waals surface area (Å²) in [6, 6.07) is 12.7. The van der Waals surface area contributed by atoms with E-state index in [0.29, 0.717) is 17.2 Å². The van der Waals surface area contributed by atoms with Crippen LogP contribution in [0.5, 0.6) is 11.5 Å². The van der Waals surface area contributed by atoms with E-state index in [2.05, 4.69) is 15.1 Å². The summed E-state index contributed by atoms with van der Waals surface area (Å²) in [7, 11) is 3.16. The van der Waals surface area contributed by atoms with Crippen LogP contribution >= 0.6 is 0 Å². The van der Waals surface area contributed by atoms with Gasteiger partial charge in [-0.25, -0.2) is 0 Å². The largest absolute Gasteiger partial charge is 0.497 e. The lowest BCUT2D eigenvalue weighted by atomic mass is 10.1. The van der Waals surface area contributed by atoms with E-state index in [4.69, 9.17) is 9.47 Å². The van der Waals surface area contributed by atoms with Crippen molar-refractivity contribution < 1.29 is 19.1 Å². The number of ether oxygens (including phenoxy) is 2. The van der Waals surface area contributed by atoms with Gasteiger partial charge in [-0.05, 0) is 38.1 Å². The number of benzene rings is 2. The van der Waals surface area contributed by atoms with Gasteiger partial charge in [0.05, 0.1) is 20.3 Å². The Balaban J connectivity index is 1.57. The monoisotopic (exact) mass is 411 g/mol. The normalized spacial score (nSPS) is 15.4. The molecule has 0 aromatic heterocycles. The highest BCUT2D eigenvalue weighted by Gasteiger charge is 2.26. The molecule has 1 atom stereocenters. The average molecular weight is 412 g/mol. The number of nitrogens with zero attached hydrogens (tertiary/aromatic N) is 2. The molecule has 1 amide bonds. The maximum Gasteiger partial charge on any atom is 0.241 e. The maximum atomic E-state index is 12.8. The van der Waals surface area contributed by atoms with Gasteiger partial charge in [0.15, 0.2) is 5.78 Å². The van der Waals surface area contributed by atoms with Crippen LogP contribution in [0.15, 0.2) is 42.5 Å². The fourth-order valence-electron chi connectivity index (χ4n) is 3.57. The van der Waals surface area contributed by atoms with E-state index in [9.17, 15) is 9.59 Å². The molecule has 1 unspecified atom stereocenters. The number of piperazine rings is 1. The second-order valence-corrected chi connectivity index (χ2v) is 7.39. The summed E-state index contributed by atoms with van der Waals surface area (Å²) in [6.45, 7) is 6.70. The summed E-state index contributed by atoms with van der Waals surface area (Å²) in [5, 5.41) is 2.96. The van der Waals surface area contributed by atoms with E-state index in [0.717, 1.165) is 37.4 Å². The average Bonchev–Trinajstić information content (AvgIpc) is 2.78. The standard InChI is InChI=1S/C23H29N3O4/c1-16(23(28)24-19-13-21(29-3)15-22(14-19)30-4)25-9-11-26(12-10-25)20-7-5-18(6-8-20)17(2)27/h5-8,13-16H,9-12H2,1-4H3,(H,24,28). The van der Waals surface area contributed by atoms with Crippen molar-refractivity contribution in [3.8, 4) is 11.5 Å². The molecule has 3 rings (SSSR count). The molecule has 2 aromatic carbocycles. The van der Waals surface area contributed by atoms with E-state index in [1.165, 1.54) is 0 Å². The number of anilines is 2. The van der Waals surface area contributed by atoms with Gasteiger partial charge in [0.2, 0.25) is 5.91 Å². The van der Waals surface area contributed by atoms with Crippen LogP contribution in [0.2, 0.25) is 0 Å². The highest BCUT2D eigenvalue weighted by atomic mass is 16.5. The fourth-order valence-corrected chi connectivity index (χ4v) is 3.57. The van der Waals surface area contributed by atoms with Gasteiger partial charge in [-0.2, -0.15) is 0 Å². The molecule has 7 heteroatoms. The summed E-state index contributed by atoms with van der Waals surface area (Å²) in [4.78, 5) is 28.7. The quantitative estimate of drug-likeness (QED) is 0.706. The number of ketones is 1. The molecule has 0 aliphatic carbocycles. The molecule has 0 spiro atoms. The number of rotatable bonds is 7. The lowest BCUT2D eigenvalue weighted by Crippen LogP contribution is -2.52. The molecule has 30 heavy (non-hydrogen) atoms. The summed E-state index contributed by atoms with van der Waals surface area (Å²) in [5.74, 6) is 1.26. The van der Waals surface area contributed by atoms with Crippen LogP contribution in [0.3, 0.4) is 0 Å². The molecule has 0 saturated carbocycles. The Morgan fingerprint density at radius 2 is 1.50 bits per heavy atom. The Morgan fingerprint density at radius 3 is 2.00 bits per heavy atom. The van der Waals surface area contributed by atoms with Crippen molar-refractivity contribution in [3.63, 3.8) is 0 Å². The van der Waals surface area contributed by atoms with E-state index in [-0.39, 0.29) is 17.7 Å². The van der Waals surface area contributed by atoms with Crippen molar-refractivity contribution in [1.82, 2.24) is 4.90 Å². The minimum atomic E-state index is -0.260. The van der Waals surface area contributed by atoms with Crippen LogP contribution in [-0.2, 0) is 4.79 Å². The first-order valence-electron chi connectivity index (χ1n) is 10.0. The van der Waals surface area contributed by atoms with Crippen molar-refractivity contribution in [1.29, 1.82) is 0 Å². The predicted octanol–water partition coefficient (Wildman–Crippen LogP) is 3.06. The molecule has 1 N–H and O–H groups in total. The number of amides is 1. The molecule has 2 aromatic rings. The van der Waals surface area contributed by atoms with Gasteiger partial charge >= 0.3 is 0 Å². The SMILES string of the molecule is COc1cc(NC(=O)C(C)N2CCN(c3ccc(C(C)=O)cc3)CC2)cc(OC)c1. The molecular weight excluding hydrogens is 382 g/mol. The zero-order valence-electron chi connectivity index (χ0n) is 18.0. The van der Waals surface area contributed by atoms with Gasteiger partial charge in [0, 0.05) is 61.3 Å². The molecule has 1 heterocycles. The Hall–Kier alpha value is -3.06. The third kappa shape index (κ3) is 5.10. The Kier molecular flexibility index (Phi) is 6.95. The van der Waals surface area contributed by atoms with Crippen LogP contribution in [0.25, 0.3) is 0 Å². The topological polar surface area (TPSA) is 71.1 Å². The first-order chi connectivity index (χ1) is 14.4. The summed E-state index contributed by atoms with van der Waals surface area (Å²) < 4.78 is 10.5. The third-order valence-corrected chi connectivity index (χ3v) is 5.50. The van der Waals surface area contributed by atoms with Gasteiger partial charge in [-0.3, -0.25) is 14.5 Å². The number of Topliss-reactive ketones (excluding diaryl/α,β-unsaturated/α-hetero) is 1. The molecule has 0 radical (unpaired) electrons. The number of nitrogens with one attached hydrogen (secondary N) is 1. The molecular formula is C23H29N3O4. The minimum absolute atomic E-state index is 0.0652. The van der Waals surface area contributed by atoms with Crippen LogP contribution in [0.1, 0.15) is 24.2 Å². The van der Waals surface area contributed by atoms with Crippen molar-refractivity contribution in [2.24, 2.45) is 0 Å².